The van der Waals surface area contributed by atoms with Crippen molar-refractivity contribution in [2.24, 2.45) is 0 Å². The lowest BCUT2D eigenvalue weighted by Gasteiger charge is -2.17. The third kappa shape index (κ3) is 5.80. The quantitative estimate of drug-likeness (QED) is 0.335. The molecule has 30 heavy (non-hydrogen) atoms. The van der Waals surface area contributed by atoms with Gasteiger partial charge in [-0.25, -0.2) is 4.79 Å². The Hall–Kier alpha value is -3.89. The number of nitrogen functional groups attached to an aromatic ring is 1. The number of aryl methyl sites for hydroxylation is 2. The van der Waals surface area contributed by atoms with Gasteiger partial charge in [-0.05, 0) is 32.0 Å². The maximum Gasteiger partial charge on any atom is 0.330 e. The number of hydrogen-bond donors (Lipinski definition) is 4. The summed E-state index contributed by atoms with van der Waals surface area (Å²) in [6.07, 6.45) is 0. The van der Waals surface area contributed by atoms with Crippen molar-refractivity contribution in [3.8, 4) is 0 Å². The Balaban J connectivity index is 1.90. The highest BCUT2D eigenvalue weighted by Gasteiger charge is 2.26. The Morgan fingerprint density at radius 1 is 1.17 bits per heavy atom. The van der Waals surface area contributed by atoms with Crippen molar-refractivity contribution in [1.82, 2.24) is 21.1 Å². The zero-order valence-corrected chi connectivity index (χ0v) is 16.8. The van der Waals surface area contributed by atoms with E-state index < -0.39 is 29.7 Å². The van der Waals surface area contributed by atoms with Gasteiger partial charge in [0.05, 0.1) is 19.3 Å². The lowest BCUT2D eigenvalue weighted by Crippen LogP contribution is -2.50. The Bertz CT molecular complexity index is 935. The summed E-state index contributed by atoms with van der Waals surface area (Å²) in [7, 11) is 1.16. The van der Waals surface area contributed by atoms with Gasteiger partial charge in [-0.1, -0.05) is 11.2 Å². The van der Waals surface area contributed by atoms with Gasteiger partial charge in [0.1, 0.15) is 17.4 Å². The van der Waals surface area contributed by atoms with Gasteiger partial charge in [0.2, 0.25) is 5.91 Å². The van der Waals surface area contributed by atoms with Crippen molar-refractivity contribution < 1.29 is 28.4 Å². The van der Waals surface area contributed by atoms with Crippen molar-refractivity contribution in [2.45, 2.75) is 19.9 Å². The van der Waals surface area contributed by atoms with E-state index in [2.05, 4.69) is 25.8 Å². The lowest BCUT2D eigenvalue weighted by atomic mass is 10.1. The number of hydrogen-bond acceptors (Lipinski definition) is 8. The van der Waals surface area contributed by atoms with Crippen LogP contribution in [-0.2, 0) is 14.3 Å². The number of benzene rings is 1. The first-order valence-electron chi connectivity index (χ1n) is 8.95. The molecule has 11 heteroatoms. The standard InChI is InChI=1S/C19H23N5O6/c1-10-16(11(2)30-24-10)18(27)23-14(19(28)29-3)8-21-15(25)9-22-17(26)12-5-4-6-13(20)7-12/h4-7,14H,8-9,20H2,1-3H3,(H,21,25)(H,22,26)(H,23,27)/t14-/m0/s1. The first-order valence-corrected chi connectivity index (χ1v) is 8.95. The predicted molar refractivity (Wildman–Crippen MR) is 105 cm³/mol. The minimum absolute atomic E-state index is 0.199. The van der Waals surface area contributed by atoms with Crippen LogP contribution < -0.4 is 21.7 Å². The van der Waals surface area contributed by atoms with Gasteiger partial charge >= 0.3 is 5.97 Å². The smallest absolute Gasteiger partial charge is 0.330 e. The number of anilines is 1. The molecule has 2 aromatic rings. The Labute approximate surface area is 172 Å². The van der Waals surface area contributed by atoms with Crippen LogP contribution in [0.2, 0.25) is 0 Å². The van der Waals surface area contributed by atoms with E-state index in [-0.39, 0.29) is 18.7 Å². The Kier molecular flexibility index (Phi) is 7.50. The van der Waals surface area contributed by atoms with Crippen LogP contribution in [0.5, 0.6) is 0 Å². The normalized spacial score (nSPS) is 11.3. The molecule has 11 nitrogen and oxygen atoms in total. The van der Waals surface area contributed by atoms with Crippen molar-refractivity contribution in [2.75, 3.05) is 25.9 Å². The molecule has 0 aliphatic rings. The Morgan fingerprint density at radius 3 is 2.50 bits per heavy atom. The summed E-state index contributed by atoms with van der Waals surface area (Å²) in [4.78, 5) is 48.5. The number of nitrogens with one attached hydrogen (secondary N) is 3. The maximum absolute atomic E-state index is 12.4. The fourth-order valence-corrected chi connectivity index (χ4v) is 2.59. The summed E-state index contributed by atoms with van der Waals surface area (Å²) >= 11 is 0. The van der Waals surface area contributed by atoms with Gasteiger partial charge in [-0.2, -0.15) is 0 Å². The van der Waals surface area contributed by atoms with E-state index in [1.165, 1.54) is 6.07 Å². The van der Waals surface area contributed by atoms with E-state index >= 15 is 0 Å². The highest BCUT2D eigenvalue weighted by Crippen LogP contribution is 2.12. The molecule has 1 atom stereocenters. The SMILES string of the molecule is COC(=O)[C@H](CNC(=O)CNC(=O)c1cccc(N)c1)NC(=O)c1c(C)noc1C. The van der Waals surface area contributed by atoms with Crippen molar-refractivity contribution in [1.29, 1.82) is 0 Å². The zero-order chi connectivity index (χ0) is 22.3. The van der Waals surface area contributed by atoms with E-state index in [4.69, 9.17) is 10.3 Å². The molecule has 0 saturated carbocycles. The van der Waals surface area contributed by atoms with E-state index in [0.717, 1.165) is 7.11 Å². The molecule has 1 aromatic heterocycles. The average Bonchev–Trinajstić information content (AvgIpc) is 3.06. The van der Waals surface area contributed by atoms with Gasteiger partial charge in [0, 0.05) is 17.8 Å². The fourth-order valence-electron chi connectivity index (χ4n) is 2.59. The van der Waals surface area contributed by atoms with Gasteiger partial charge in [0.15, 0.2) is 0 Å². The molecular weight excluding hydrogens is 394 g/mol. The number of aromatic nitrogens is 1. The second-order valence-electron chi connectivity index (χ2n) is 6.36. The van der Waals surface area contributed by atoms with Crippen LogP contribution in [0.15, 0.2) is 28.8 Å². The summed E-state index contributed by atoms with van der Waals surface area (Å²) in [5.41, 5.74) is 6.91. The minimum Gasteiger partial charge on any atom is -0.467 e. The lowest BCUT2D eigenvalue weighted by molar-refractivity contribution is -0.142. The molecule has 0 bridgehead atoms. The van der Waals surface area contributed by atoms with Crippen LogP contribution in [0.25, 0.3) is 0 Å². The first-order chi connectivity index (χ1) is 14.2. The van der Waals surface area contributed by atoms with Crippen LogP contribution >= 0.6 is 0 Å². The molecule has 160 valence electrons. The van der Waals surface area contributed by atoms with Gasteiger partial charge in [0.25, 0.3) is 11.8 Å². The number of esters is 1. The summed E-state index contributed by atoms with van der Waals surface area (Å²) in [6, 6.07) is 5.14. The summed E-state index contributed by atoms with van der Waals surface area (Å²) in [5, 5.41) is 11.1. The molecule has 0 saturated heterocycles. The summed E-state index contributed by atoms with van der Waals surface area (Å²) in [5.74, 6) is -2.09. The second-order valence-corrected chi connectivity index (χ2v) is 6.36. The third-order valence-corrected chi connectivity index (χ3v) is 4.11. The van der Waals surface area contributed by atoms with E-state index in [1.54, 1.807) is 32.0 Å². The zero-order valence-electron chi connectivity index (χ0n) is 16.8. The molecule has 0 aliphatic heterocycles. The molecule has 2 rings (SSSR count). The van der Waals surface area contributed by atoms with Gasteiger partial charge in [-0.3, -0.25) is 14.4 Å². The van der Waals surface area contributed by atoms with Crippen LogP contribution in [0.1, 0.15) is 32.2 Å². The number of carbonyl (C=O) groups is 4. The number of ether oxygens (including phenoxy) is 1. The molecular formula is C19H23N5O6. The van der Waals surface area contributed by atoms with E-state index in [9.17, 15) is 19.2 Å². The number of nitrogens with two attached hydrogens (primary N) is 1. The molecule has 1 aromatic carbocycles. The highest BCUT2D eigenvalue weighted by molar-refractivity contribution is 5.99. The molecule has 3 amide bonds. The summed E-state index contributed by atoms with van der Waals surface area (Å²) < 4.78 is 9.60. The van der Waals surface area contributed by atoms with Gasteiger partial charge in [-0.15, -0.1) is 0 Å². The Morgan fingerprint density at radius 2 is 1.90 bits per heavy atom. The van der Waals surface area contributed by atoms with Crippen LogP contribution in [0.4, 0.5) is 5.69 Å². The molecule has 0 unspecified atom stereocenters. The highest BCUT2D eigenvalue weighted by atomic mass is 16.5. The number of methoxy groups -OCH3 is 1. The number of nitrogens with zero attached hydrogens (tertiary/aromatic N) is 1. The van der Waals surface area contributed by atoms with Crippen molar-refractivity contribution in [3.05, 3.63) is 46.8 Å². The third-order valence-electron chi connectivity index (χ3n) is 4.11. The predicted octanol–water partition coefficient (Wildman–Crippen LogP) is -0.309. The maximum atomic E-state index is 12.4. The van der Waals surface area contributed by atoms with Crippen molar-refractivity contribution in [3.63, 3.8) is 0 Å². The first kappa shape index (κ1) is 22.4. The molecule has 0 radical (unpaired) electrons. The van der Waals surface area contributed by atoms with Crippen LogP contribution in [-0.4, -0.2) is 55.1 Å². The second kappa shape index (κ2) is 10.0. The largest absolute Gasteiger partial charge is 0.467 e. The number of rotatable bonds is 8. The van der Waals surface area contributed by atoms with Gasteiger partial charge < -0.3 is 30.9 Å². The van der Waals surface area contributed by atoms with E-state index in [1.807, 2.05) is 0 Å². The molecule has 0 fully saturated rings. The minimum atomic E-state index is -1.15. The number of carbonyl (C=O) groups excluding carboxylic acids is 4. The molecule has 0 aliphatic carbocycles. The topological polar surface area (TPSA) is 166 Å². The molecule has 1 heterocycles. The van der Waals surface area contributed by atoms with Crippen LogP contribution in [0, 0.1) is 13.8 Å². The average molecular weight is 417 g/mol. The van der Waals surface area contributed by atoms with E-state index in [0.29, 0.717) is 22.7 Å². The van der Waals surface area contributed by atoms with Crippen molar-refractivity contribution >= 4 is 29.4 Å². The summed E-state index contributed by atoms with van der Waals surface area (Å²) in [6.45, 7) is 2.57. The monoisotopic (exact) mass is 417 g/mol. The van der Waals surface area contributed by atoms with Crippen LogP contribution in [0.3, 0.4) is 0 Å². The fraction of sp³-hybridized carbons (Fsp3) is 0.316. The molecule has 0 spiro atoms. The number of amides is 3. The molecule has 5 N–H and O–H groups in total.